The number of thiophene rings is 1. The van der Waals surface area contributed by atoms with Gasteiger partial charge in [0.05, 0.1) is 0 Å². The molecule has 0 amide bonds. The molecule has 4 heteroatoms. The Morgan fingerprint density at radius 3 is 2.34 bits per heavy atom. The Hall–Kier alpha value is -1.81. The third-order valence-corrected chi connectivity index (χ3v) is 8.22. The second-order valence-electron chi connectivity index (χ2n) is 9.16. The molecule has 2 saturated heterocycles. The highest BCUT2D eigenvalue weighted by molar-refractivity contribution is 7.12. The predicted octanol–water partition coefficient (Wildman–Crippen LogP) is 8.60. The van der Waals surface area contributed by atoms with Crippen LogP contribution in [0.2, 0.25) is 10.8 Å². The fourth-order valence-corrected chi connectivity index (χ4v) is 6.41. The summed E-state index contributed by atoms with van der Waals surface area (Å²) in [5.74, 6) is 0.610. The van der Waals surface area contributed by atoms with Crippen molar-refractivity contribution < 1.29 is 4.65 Å². The number of allylic oxidation sites excluding steroid dienone is 1. The van der Waals surface area contributed by atoms with Gasteiger partial charge in [-0.1, -0.05) is 85.8 Å². The monoisotopic (exact) mass is 460 g/mol. The molecule has 2 aromatic carbocycles. The first-order valence-corrected chi connectivity index (χ1v) is 13.3. The fourth-order valence-electron chi connectivity index (χ4n) is 5.46. The van der Waals surface area contributed by atoms with E-state index in [-0.39, 0.29) is 6.92 Å². The van der Waals surface area contributed by atoms with Gasteiger partial charge in [-0.2, -0.15) is 0 Å². The van der Waals surface area contributed by atoms with Crippen molar-refractivity contribution in [1.29, 1.82) is 0 Å². The minimum Gasteiger partial charge on any atom is -0.428 e. The summed E-state index contributed by atoms with van der Waals surface area (Å²) in [6, 6.07) is 23.7. The molecule has 0 unspecified atom stereocenters. The quantitative estimate of drug-likeness (QED) is 0.334. The van der Waals surface area contributed by atoms with Crippen LogP contribution in [0.1, 0.15) is 60.9 Å². The molecule has 2 aliphatic heterocycles. The van der Waals surface area contributed by atoms with E-state index >= 15 is 0 Å². The van der Waals surface area contributed by atoms with Crippen LogP contribution in [-0.2, 0) is 11.1 Å². The second kappa shape index (κ2) is 10.4. The summed E-state index contributed by atoms with van der Waals surface area (Å²) in [6.45, 7) is 0.185. The summed E-state index contributed by atoms with van der Waals surface area (Å²) in [7, 11) is 0. The normalized spacial score (nSPS) is 21.7. The minimum absolute atomic E-state index is 0.185. The molecule has 2 bridgehead atoms. The fraction of sp³-hybridized carbons (Fsp3) is 0.357. The lowest BCUT2D eigenvalue weighted by Crippen LogP contribution is -2.28. The maximum atomic E-state index is 6.92. The van der Waals surface area contributed by atoms with Crippen LogP contribution in [-0.4, -0.2) is 13.0 Å². The molecule has 5 rings (SSSR count). The molecule has 1 nitrogen and oxygen atoms in total. The van der Waals surface area contributed by atoms with Gasteiger partial charge in [0.25, 0.3) is 0 Å². The molecule has 0 radical (unpaired) electrons. The van der Waals surface area contributed by atoms with E-state index in [1.807, 2.05) is 23.5 Å². The number of hydrogen-bond donors (Lipinski definition) is 0. The Balaban J connectivity index is 1.63. The molecule has 0 spiro atoms. The molecule has 32 heavy (non-hydrogen) atoms. The number of rotatable bonds is 6. The molecule has 3 heterocycles. The lowest BCUT2D eigenvalue weighted by molar-refractivity contribution is 0.191. The number of benzene rings is 2. The Morgan fingerprint density at radius 2 is 1.66 bits per heavy atom. The van der Waals surface area contributed by atoms with Gasteiger partial charge in [0, 0.05) is 16.0 Å². The van der Waals surface area contributed by atoms with Crippen LogP contribution in [0.25, 0.3) is 11.0 Å². The zero-order valence-corrected chi connectivity index (χ0v) is 20.1. The smallest absolute Gasteiger partial charge is 0.331 e. The Labute approximate surface area is 201 Å². The summed E-state index contributed by atoms with van der Waals surface area (Å²) in [5, 5.41) is 2.99. The number of hydrogen-bond acceptors (Lipinski definition) is 2. The van der Waals surface area contributed by atoms with E-state index in [0.717, 1.165) is 17.9 Å². The van der Waals surface area contributed by atoms with Crippen LogP contribution in [0.4, 0.5) is 0 Å². The molecule has 2 fully saturated rings. The van der Waals surface area contributed by atoms with Crippen LogP contribution < -0.4 is 0 Å². The van der Waals surface area contributed by atoms with Crippen molar-refractivity contribution in [2.24, 2.45) is 0 Å². The molecule has 0 saturated carbocycles. The van der Waals surface area contributed by atoms with E-state index in [2.05, 4.69) is 60.0 Å². The maximum absolute atomic E-state index is 6.92. The summed E-state index contributed by atoms with van der Waals surface area (Å²) >= 11 is 8.12. The van der Waals surface area contributed by atoms with Crippen molar-refractivity contribution >= 4 is 40.9 Å². The molecule has 164 valence electrons. The minimum atomic E-state index is 0.185. The van der Waals surface area contributed by atoms with Crippen molar-refractivity contribution in [3.05, 3.63) is 93.1 Å². The van der Waals surface area contributed by atoms with Crippen molar-refractivity contribution in [3.63, 3.8) is 0 Å². The SMILES string of the molecule is Clc1ccc(/C(CCc2ccccc2)=C(\B2OC3CCCC2CCC3)c2cccs2)cc1. The number of halogens is 1. The van der Waals surface area contributed by atoms with E-state index in [9.17, 15) is 0 Å². The Morgan fingerprint density at radius 1 is 0.906 bits per heavy atom. The van der Waals surface area contributed by atoms with Crippen LogP contribution in [0, 0.1) is 0 Å². The van der Waals surface area contributed by atoms with Gasteiger partial charge in [-0.05, 0) is 77.3 Å². The van der Waals surface area contributed by atoms with Gasteiger partial charge < -0.3 is 4.65 Å². The zero-order valence-electron chi connectivity index (χ0n) is 18.5. The Kier molecular flexibility index (Phi) is 7.17. The third-order valence-electron chi connectivity index (χ3n) is 7.06. The molecule has 0 atom stereocenters. The van der Waals surface area contributed by atoms with Crippen LogP contribution in [0.5, 0.6) is 0 Å². The Bertz CT molecular complexity index is 1020. The largest absolute Gasteiger partial charge is 0.428 e. The van der Waals surface area contributed by atoms with Crippen molar-refractivity contribution in [3.8, 4) is 0 Å². The highest BCUT2D eigenvalue weighted by atomic mass is 35.5. The van der Waals surface area contributed by atoms with Crippen molar-refractivity contribution in [1.82, 2.24) is 0 Å². The maximum Gasteiger partial charge on any atom is 0.331 e. The van der Waals surface area contributed by atoms with Gasteiger partial charge in [-0.15, -0.1) is 11.3 Å². The molecule has 3 aromatic rings. The second-order valence-corrected chi connectivity index (χ2v) is 10.5. The van der Waals surface area contributed by atoms with Crippen LogP contribution >= 0.6 is 22.9 Å². The summed E-state index contributed by atoms with van der Waals surface area (Å²) in [4.78, 5) is 1.36. The highest BCUT2D eigenvalue weighted by Crippen LogP contribution is 2.45. The molecular weight excluding hydrogens is 431 g/mol. The predicted molar refractivity (Wildman–Crippen MR) is 139 cm³/mol. The summed E-state index contributed by atoms with van der Waals surface area (Å²) < 4.78 is 6.92. The first-order valence-electron chi connectivity index (χ1n) is 12.0. The van der Waals surface area contributed by atoms with E-state index in [1.165, 1.54) is 65.6 Å². The van der Waals surface area contributed by atoms with E-state index < -0.39 is 0 Å². The van der Waals surface area contributed by atoms with Gasteiger partial charge in [-0.25, -0.2) is 0 Å². The molecule has 1 aromatic heterocycles. The number of fused-ring (bicyclic) bond motifs is 3. The molecule has 0 aliphatic carbocycles. The average molecular weight is 461 g/mol. The first-order chi connectivity index (χ1) is 15.8. The van der Waals surface area contributed by atoms with Crippen molar-refractivity contribution in [2.75, 3.05) is 0 Å². The van der Waals surface area contributed by atoms with E-state index in [1.54, 1.807) is 0 Å². The van der Waals surface area contributed by atoms with Crippen LogP contribution in [0.3, 0.4) is 0 Å². The average Bonchev–Trinajstić information content (AvgIpc) is 3.16. The topological polar surface area (TPSA) is 9.23 Å². The van der Waals surface area contributed by atoms with Crippen molar-refractivity contribution in [2.45, 2.75) is 63.3 Å². The third kappa shape index (κ3) is 5.06. The standard InChI is InChI=1S/C28H30BClOS/c30-24-17-15-22(16-18-24)26(19-14-21-7-2-1-3-8-21)28(27-13-6-20-32-27)29-23-9-4-11-25(31-29)12-5-10-23/h1-3,6-8,13,15-18,20,23,25H,4-5,9-12,14,19H2/b28-26-. The van der Waals surface area contributed by atoms with Gasteiger partial charge in [0.15, 0.2) is 0 Å². The first kappa shape index (κ1) is 22.0. The lowest BCUT2D eigenvalue weighted by Gasteiger charge is -2.26. The zero-order chi connectivity index (χ0) is 21.8. The highest BCUT2D eigenvalue weighted by Gasteiger charge is 2.40. The number of aryl methyl sites for hydroxylation is 1. The molecule has 2 aliphatic rings. The van der Waals surface area contributed by atoms with Gasteiger partial charge in [-0.3, -0.25) is 0 Å². The summed E-state index contributed by atoms with van der Waals surface area (Å²) in [6.07, 6.45) is 10.0. The van der Waals surface area contributed by atoms with Crippen LogP contribution in [0.15, 0.2) is 72.1 Å². The summed E-state index contributed by atoms with van der Waals surface area (Å²) in [5.41, 5.74) is 5.50. The van der Waals surface area contributed by atoms with E-state index in [4.69, 9.17) is 16.3 Å². The molecular formula is C28H30BClOS. The molecule has 0 N–H and O–H groups in total. The van der Waals surface area contributed by atoms with Gasteiger partial charge in [0.1, 0.15) is 0 Å². The van der Waals surface area contributed by atoms with E-state index in [0.29, 0.717) is 11.9 Å². The van der Waals surface area contributed by atoms with Gasteiger partial charge in [0.2, 0.25) is 0 Å². The lowest BCUT2D eigenvalue weighted by atomic mass is 9.47. The van der Waals surface area contributed by atoms with Gasteiger partial charge >= 0.3 is 6.92 Å².